The number of alkyl halides is 1. The molecular formula is C12H22FNO. The van der Waals surface area contributed by atoms with Crippen LogP contribution in [0.15, 0.2) is 0 Å². The van der Waals surface area contributed by atoms with Crippen molar-refractivity contribution in [3.8, 4) is 0 Å². The van der Waals surface area contributed by atoms with Gasteiger partial charge < -0.3 is 5.11 Å². The minimum absolute atomic E-state index is 0.0816. The average molecular weight is 215 g/mol. The number of halogens is 1. The van der Waals surface area contributed by atoms with E-state index in [0.29, 0.717) is 6.42 Å². The fourth-order valence-electron chi connectivity index (χ4n) is 3.04. The first-order valence-electron chi connectivity index (χ1n) is 6.22. The van der Waals surface area contributed by atoms with Crippen molar-refractivity contribution in [3.63, 3.8) is 0 Å². The maximum atomic E-state index is 12.9. The van der Waals surface area contributed by atoms with E-state index in [2.05, 4.69) is 11.8 Å². The number of likely N-dealkylation sites (tertiary alicyclic amines) is 1. The van der Waals surface area contributed by atoms with E-state index in [0.717, 1.165) is 32.4 Å². The van der Waals surface area contributed by atoms with Crippen LogP contribution < -0.4 is 0 Å². The van der Waals surface area contributed by atoms with Gasteiger partial charge in [0.15, 0.2) is 0 Å². The highest BCUT2D eigenvalue weighted by atomic mass is 19.1. The van der Waals surface area contributed by atoms with Crippen LogP contribution >= 0.6 is 0 Å². The summed E-state index contributed by atoms with van der Waals surface area (Å²) in [5.74, 6) is 0.0816. The van der Waals surface area contributed by atoms with Gasteiger partial charge in [-0.25, -0.2) is 0 Å². The molecule has 0 aromatic heterocycles. The number of β-amino-alcohol motifs (C(OH)–C–C–N with tert-alkyl or cyclic N) is 1. The van der Waals surface area contributed by atoms with Gasteiger partial charge in [-0.15, -0.1) is 0 Å². The topological polar surface area (TPSA) is 23.5 Å². The second-order valence-corrected chi connectivity index (χ2v) is 5.14. The van der Waals surface area contributed by atoms with Crippen LogP contribution in [0.25, 0.3) is 0 Å². The van der Waals surface area contributed by atoms with E-state index in [1.807, 2.05) is 0 Å². The smallest absolute Gasteiger partial charge is 0.0941 e. The second-order valence-electron chi connectivity index (χ2n) is 5.14. The third-order valence-corrected chi connectivity index (χ3v) is 4.11. The van der Waals surface area contributed by atoms with E-state index >= 15 is 0 Å². The quantitative estimate of drug-likeness (QED) is 0.775. The Kier molecular flexibility index (Phi) is 3.31. The lowest BCUT2D eigenvalue weighted by Gasteiger charge is -2.43. The van der Waals surface area contributed by atoms with Gasteiger partial charge in [-0.1, -0.05) is 13.3 Å². The minimum atomic E-state index is -0.311. The number of nitrogens with zero attached hydrogens (tertiary/aromatic N) is 1. The third-order valence-electron chi connectivity index (χ3n) is 4.11. The third kappa shape index (κ3) is 2.04. The first kappa shape index (κ1) is 11.3. The van der Waals surface area contributed by atoms with Crippen molar-refractivity contribution < 1.29 is 9.50 Å². The highest BCUT2D eigenvalue weighted by molar-refractivity contribution is 5.11. The lowest BCUT2D eigenvalue weighted by molar-refractivity contribution is -0.0225. The van der Waals surface area contributed by atoms with Crippen LogP contribution in [-0.2, 0) is 0 Å². The van der Waals surface area contributed by atoms with E-state index < -0.39 is 0 Å². The predicted molar refractivity (Wildman–Crippen MR) is 58.5 cm³/mol. The molecule has 0 bridgehead atoms. The molecule has 2 unspecified atom stereocenters. The van der Waals surface area contributed by atoms with E-state index in [1.165, 1.54) is 6.42 Å². The molecule has 1 aliphatic carbocycles. The normalized spacial score (nSPS) is 34.6. The summed E-state index contributed by atoms with van der Waals surface area (Å²) in [6.07, 6.45) is 4.96. The van der Waals surface area contributed by atoms with Crippen LogP contribution in [0.4, 0.5) is 4.39 Å². The van der Waals surface area contributed by atoms with E-state index in [-0.39, 0.29) is 24.2 Å². The second kappa shape index (κ2) is 4.38. The highest BCUT2D eigenvalue weighted by Crippen LogP contribution is 2.52. The minimum Gasteiger partial charge on any atom is -0.392 e. The summed E-state index contributed by atoms with van der Waals surface area (Å²) in [7, 11) is 0. The van der Waals surface area contributed by atoms with Crippen molar-refractivity contribution >= 4 is 0 Å². The molecule has 88 valence electrons. The Morgan fingerprint density at radius 3 is 2.73 bits per heavy atom. The fraction of sp³-hybridized carbons (Fsp3) is 1.00. The van der Waals surface area contributed by atoms with Gasteiger partial charge in [0.2, 0.25) is 0 Å². The van der Waals surface area contributed by atoms with Crippen molar-refractivity contribution in [2.24, 2.45) is 5.92 Å². The molecule has 2 fully saturated rings. The molecule has 2 atom stereocenters. The SMILES string of the molecule is CCCCN1CC(O)CC(CF)C12CC2. The molecule has 1 saturated carbocycles. The maximum Gasteiger partial charge on any atom is 0.0941 e. The van der Waals surface area contributed by atoms with Crippen molar-refractivity contribution in [1.82, 2.24) is 4.90 Å². The Balaban J connectivity index is 2.01. The summed E-state index contributed by atoms with van der Waals surface area (Å²) in [6.45, 7) is 3.70. The maximum absolute atomic E-state index is 12.9. The number of aliphatic hydroxyl groups excluding tert-OH is 1. The van der Waals surface area contributed by atoms with Gasteiger partial charge in [0.05, 0.1) is 12.8 Å². The standard InChI is InChI=1S/C12H22FNO/c1-2-3-6-14-9-11(15)7-10(8-13)12(14)4-5-12/h10-11,15H,2-9H2,1H3. The molecule has 1 saturated heterocycles. The largest absolute Gasteiger partial charge is 0.392 e. The van der Waals surface area contributed by atoms with E-state index in [1.54, 1.807) is 0 Å². The van der Waals surface area contributed by atoms with Gasteiger partial charge in [-0.3, -0.25) is 9.29 Å². The molecule has 2 nitrogen and oxygen atoms in total. The van der Waals surface area contributed by atoms with Gasteiger partial charge in [0.25, 0.3) is 0 Å². The summed E-state index contributed by atoms with van der Waals surface area (Å²) in [5.41, 5.74) is 0.142. The Bertz CT molecular complexity index is 218. The zero-order valence-corrected chi connectivity index (χ0v) is 9.58. The molecule has 3 heteroatoms. The van der Waals surface area contributed by atoms with Crippen LogP contribution in [-0.4, -0.2) is 41.4 Å². The molecule has 0 radical (unpaired) electrons. The molecule has 0 aromatic carbocycles. The van der Waals surface area contributed by atoms with Crippen molar-refractivity contribution in [2.75, 3.05) is 19.8 Å². The number of hydrogen-bond donors (Lipinski definition) is 1. The molecule has 1 N–H and O–H groups in total. The van der Waals surface area contributed by atoms with Gasteiger partial charge >= 0.3 is 0 Å². The van der Waals surface area contributed by atoms with Crippen LogP contribution in [0.5, 0.6) is 0 Å². The Morgan fingerprint density at radius 2 is 2.20 bits per heavy atom. The Morgan fingerprint density at radius 1 is 1.47 bits per heavy atom. The highest BCUT2D eigenvalue weighted by Gasteiger charge is 2.56. The van der Waals surface area contributed by atoms with Gasteiger partial charge in [-0.2, -0.15) is 0 Å². The molecule has 0 amide bonds. The number of aliphatic hydroxyl groups is 1. The Labute approximate surface area is 91.5 Å². The average Bonchev–Trinajstić information content (AvgIpc) is 3.00. The lowest BCUT2D eigenvalue weighted by atomic mass is 9.86. The summed E-state index contributed by atoms with van der Waals surface area (Å²) in [5, 5.41) is 9.73. The zero-order valence-electron chi connectivity index (χ0n) is 9.58. The zero-order chi connectivity index (χ0) is 10.9. The van der Waals surface area contributed by atoms with Crippen LogP contribution in [0.1, 0.15) is 39.0 Å². The van der Waals surface area contributed by atoms with Crippen LogP contribution in [0, 0.1) is 5.92 Å². The summed E-state index contributed by atoms with van der Waals surface area (Å²) in [6, 6.07) is 0. The summed E-state index contributed by atoms with van der Waals surface area (Å²) < 4.78 is 12.9. The van der Waals surface area contributed by atoms with Crippen molar-refractivity contribution in [1.29, 1.82) is 0 Å². The van der Waals surface area contributed by atoms with Crippen LogP contribution in [0.3, 0.4) is 0 Å². The number of rotatable bonds is 4. The number of hydrogen-bond acceptors (Lipinski definition) is 2. The molecular weight excluding hydrogens is 193 g/mol. The van der Waals surface area contributed by atoms with Gasteiger partial charge in [0, 0.05) is 18.0 Å². The van der Waals surface area contributed by atoms with Gasteiger partial charge in [0.1, 0.15) is 0 Å². The summed E-state index contributed by atoms with van der Waals surface area (Å²) >= 11 is 0. The molecule has 15 heavy (non-hydrogen) atoms. The lowest BCUT2D eigenvalue weighted by Crippen LogP contribution is -2.53. The Hall–Kier alpha value is -0.150. The van der Waals surface area contributed by atoms with E-state index in [9.17, 15) is 9.50 Å². The molecule has 0 aromatic rings. The monoisotopic (exact) mass is 215 g/mol. The summed E-state index contributed by atoms with van der Waals surface area (Å²) in [4.78, 5) is 2.36. The molecule has 1 heterocycles. The van der Waals surface area contributed by atoms with Crippen molar-refractivity contribution in [3.05, 3.63) is 0 Å². The molecule has 1 aliphatic heterocycles. The van der Waals surface area contributed by atoms with E-state index in [4.69, 9.17) is 0 Å². The fourth-order valence-corrected chi connectivity index (χ4v) is 3.04. The molecule has 2 rings (SSSR count). The molecule has 1 spiro atoms. The van der Waals surface area contributed by atoms with Crippen molar-refractivity contribution in [2.45, 2.75) is 50.7 Å². The molecule has 2 aliphatic rings. The number of unbranched alkanes of at least 4 members (excludes halogenated alkanes) is 1. The van der Waals surface area contributed by atoms with Gasteiger partial charge in [-0.05, 0) is 32.2 Å². The first-order valence-corrected chi connectivity index (χ1v) is 6.22. The first-order chi connectivity index (χ1) is 7.23. The predicted octanol–water partition coefficient (Wildman–Crippen LogP) is 1.97. The number of piperidine rings is 1. The van der Waals surface area contributed by atoms with Crippen LogP contribution in [0.2, 0.25) is 0 Å².